The van der Waals surface area contributed by atoms with Crippen molar-refractivity contribution in [3.05, 3.63) is 97.9 Å². The van der Waals surface area contributed by atoms with Gasteiger partial charge < -0.3 is 5.32 Å². The van der Waals surface area contributed by atoms with E-state index >= 15 is 0 Å². The maximum absolute atomic E-state index is 12.8. The van der Waals surface area contributed by atoms with Crippen molar-refractivity contribution in [3.63, 3.8) is 0 Å². The summed E-state index contributed by atoms with van der Waals surface area (Å²) in [6.45, 7) is 4.83. The molecule has 1 N–H and O–H groups in total. The zero-order valence-electron chi connectivity index (χ0n) is 17.4. The minimum Gasteiger partial charge on any atom is -0.305 e. The second kappa shape index (κ2) is 9.36. The van der Waals surface area contributed by atoms with Crippen LogP contribution in [0, 0.1) is 13.8 Å². The van der Waals surface area contributed by atoms with Crippen molar-refractivity contribution in [2.45, 2.75) is 26.9 Å². The minimum atomic E-state index is -0.238. The average Bonchev–Trinajstić information content (AvgIpc) is 3.30. The lowest BCUT2D eigenvalue weighted by Gasteiger charge is -2.08. The van der Waals surface area contributed by atoms with Crippen LogP contribution in [0.4, 0.5) is 5.82 Å². The Hall–Kier alpha value is -2.80. The number of hydrogen-bond donors (Lipinski definition) is 1. The van der Waals surface area contributed by atoms with Crippen LogP contribution in [0.5, 0.6) is 0 Å². The quantitative estimate of drug-likeness (QED) is 0.362. The number of anilines is 1. The van der Waals surface area contributed by atoms with E-state index in [1.807, 2.05) is 42.8 Å². The molecule has 0 saturated carbocycles. The zero-order chi connectivity index (χ0) is 22.8. The van der Waals surface area contributed by atoms with Gasteiger partial charge in [-0.15, -0.1) is 0 Å². The molecule has 0 aliphatic carbocycles. The first kappa shape index (κ1) is 22.4. The third kappa shape index (κ3) is 4.99. The molecule has 6 nitrogen and oxygen atoms in total. The third-order valence-electron chi connectivity index (χ3n) is 5.03. The summed E-state index contributed by atoms with van der Waals surface area (Å²) in [5.74, 6) is 0.226. The van der Waals surface area contributed by atoms with Gasteiger partial charge in [0, 0.05) is 17.8 Å². The Balaban J connectivity index is 1.43. The van der Waals surface area contributed by atoms with Gasteiger partial charge in [-0.1, -0.05) is 53.0 Å². The number of aryl methyl sites for hydroxylation is 1. The van der Waals surface area contributed by atoms with Crippen LogP contribution < -0.4 is 5.32 Å². The molecule has 0 unspecified atom stereocenters. The lowest BCUT2D eigenvalue weighted by Crippen LogP contribution is -2.13. The highest BCUT2D eigenvalue weighted by Gasteiger charge is 2.12. The van der Waals surface area contributed by atoms with Crippen LogP contribution in [-0.4, -0.2) is 25.5 Å². The maximum Gasteiger partial charge on any atom is 0.256 e. The fourth-order valence-electron chi connectivity index (χ4n) is 3.34. The van der Waals surface area contributed by atoms with E-state index in [1.54, 1.807) is 35.1 Å². The molecule has 1 amide bonds. The number of nitrogens with zero attached hydrogens (tertiary/aromatic N) is 4. The molecule has 0 radical (unpaired) electrons. The summed E-state index contributed by atoms with van der Waals surface area (Å²) in [5, 5.41) is 13.4. The van der Waals surface area contributed by atoms with Crippen molar-refractivity contribution in [3.8, 4) is 0 Å². The number of rotatable bonds is 6. The summed E-state index contributed by atoms with van der Waals surface area (Å²) in [6, 6.07) is 14.6. The first-order valence-electron chi connectivity index (χ1n) is 9.87. The maximum atomic E-state index is 12.8. The van der Waals surface area contributed by atoms with Gasteiger partial charge in [0.25, 0.3) is 5.91 Å². The molecule has 4 rings (SSSR count). The van der Waals surface area contributed by atoms with E-state index in [2.05, 4.69) is 15.5 Å². The van der Waals surface area contributed by atoms with E-state index < -0.39 is 0 Å². The number of nitrogens with one attached hydrogen (secondary N) is 1. The fraction of sp³-hybridized carbons (Fsp3) is 0.174. The monoisotopic (exact) mass is 487 g/mol. The van der Waals surface area contributed by atoms with Crippen LogP contribution in [-0.2, 0) is 13.1 Å². The van der Waals surface area contributed by atoms with Gasteiger partial charge in [-0.05, 0) is 49.2 Å². The number of hydrogen-bond acceptors (Lipinski definition) is 3. The summed E-state index contributed by atoms with van der Waals surface area (Å²) in [6.07, 6.45) is 1.79. The fourth-order valence-corrected chi connectivity index (χ4v) is 3.80. The summed E-state index contributed by atoms with van der Waals surface area (Å²) in [5.41, 5.74) is 4.12. The number of halogens is 3. The molecular formula is C23H20Cl3N5O. The normalized spacial score (nSPS) is 11.0. The van der Waals surface area contributed by atoms with Gasteiger partial charge in [-0.3, -0.25) is 14.2 Å². The van der Waals surface area contributed by atoms with Crippen molar-refractivity contribution < 1.29 is 4.79 Å². The summed E-state index contributed by atoms with van der Waals surface area (Å²) in [4.78, 5) is 12.8. The van der Waals surface area contributed by atoms with E-state index in [9.17, 15) is 4.79 Å². The minimum absolute atomic E-state index is 0.238. The standard InChI is InChI=1S/C23H20Cl3N5O/c1-14-22(26)15(2)31(28-14)13-16-4-3-5-18(10-16)23(32)27-21-8-9-30(29-21)12-17-6-7-19(24)20(25)11-17/h3-11H,12-13H2,1-2H3,(H,27,29,32). The number of carbonyl (C=O) groups is 1. The summed E-state index contributed by atoms with van der Waals surface area (Å²) in [7, 11) is 0. The second-order valence-electron chi connectivity index (χ2n) is 7.44. The highest BCUT2D eigenvalue weighted by atomic mass is 35.5. The Morgan fingerprint density at radius 1 is 0.938 bits per heavy atom. The molecule has 9 heteroatoms. The van der Waals surface area contributed by atoms with Gasteiger partial charge in [0.15, 0.2) is 5.82 Å². The molecule has 0 saturated heterocycles. The summed E-state index contributed by atoms with van der Waals surface area (Å²) < 4.78 is 3.55. The molecule has 0 fully saturated rings. The van der Waals surface area contributed by atoms with Crippen LogP contribution in [0.1, 0.15) is 32.9 Å². The molecular weight excluding hydrogens is 469 g/mol. The Kier molecular flexibility index (Phi) is 6.55. The van der Waals surface area contributed by atoms with Gasteiger partial charge in [-0.2, -0.15) is 10.2 Å². The van der Waals surface area contributed by atoms with E-state index in [0.29, 0.717) is 39.5 Å². The van der Waals surface area contributed by atoms with E-state index in [1.165, 1.54) is 0 Å². The van der Waals surface area contributed by atoms with E-state index in [0.717, 1.165) is 22.5 Å². The predicted molar refractivity (Wildman–Crippen MR) is 128 cm³/mol. The largest absolute Gasteiger partial charge is 0.305 e. The van der Waals surface area contributed by atoms with Crippen LogP contribution in [0.25, 0.3) is 0 Å². The van der Waals surface area contributed by atoms with Gasteiger partial charge in [0.2, 0.25) is 0 Å². The van der Waals surface area contributed by atoms with Crippen LogP contribution >= 0.6 is 34.8 Å². The number of amides is 1. The summed E-state index contributed by atoms with van der Waals surface area (Å²) >= 11 is 18.3. The second-order valence-corrected chi connectivity index (χ2v) is 8.64. The predicted octanol–water partition coefficient (Wildman–Crippen LogP) is 6.01. The molecule has 32 heavy (non-hydrogen) atoms. The molecule has 2 aromatic carbocycles. The molecule has 0 atom stereocenters. The van der Waals surface area contributed by atoms with Crippen LogP contribution in [0.3, 0.4) is 0 Å². The zero-order valence-corrected chi connectivity index (χ0v) is 19.7. The van der Waals surface area contributed by atoms with Crippen LogP contribution in [0.2, 0.25) is 15.1 Å². The molecule has 0 spiro atoms. The van der Waals surface area contributed by atoms with E-state index in [4.69, 9.17) is 34.8 Å². The van der Waals surface area contributed by atoms with Crippen molar-refractivity contribution in [2.24, 2.45) is 0 Å². The Bertz CT molecular complexity index is 1290. The topological polar surface area (TPSA) is 64.7 Å². The lowest BCUT2D eigenvalue weighted by molar-refractivity contribution is 0.102. The number of benzene rings is 2. The molecule has 2 aromatic heterocycles. The van der Waals surface area contributed by atoms with Gasteiger partial charge in [0.05, 0.1) is 39.5 Å². The Morgan fingerprint density at radius 3 is 2.44 bits per heavy atom. The highest BCUT2D eigenvalue weighted by molar-refractivity contribution is 6.42. The first-order chi connectivity index (χ1) is 15.3. The molecule has 0 aliphatic heterocycles. The lowest BCUT2D eigenvalue weighted by atomic mass is 10.1. The third-order valence-corrected chi connectivity index (χ3v) is 6.31. The van der Waals surface area contributed by atoms with Crippen molar-refractivity contribution in [2.75, 3.05) is 5.32 Å². The van der Waals surface area contributed by atoms with Crippen molar-refractivity contribution in [1.29, 1.82) is 0 Å². The molecule has 2 heterocycles. The molecule has 0 aliphatic rings. The molecule has 164 valence electrons. The number of carbonyl (C=O) groups excluding carboxylic acids is 1. The van der Waals surface area contributed by atoms with Gasteiger partial charge in [-0.25, -0.2) is 0 Å². The average molecular weight is 489 g/mol. The Labute approximate surface area is 200 Å². The molecule has 4 aromatic rings. The smallest absolute Gasteiger partial charge is 0.256 e. The number of aromatic nitrogens is 4. The molecule has 0 bridgehead atoms. The SMILES string of the molecule is Cc1nn(Cc2cccc(C(=O)Nc3ccn(Cc4ccc(Cl)c(Cl)c4)n3)c2)c(C)c1Cl. The Morgan fingerprint density at radius 2 is 1.72 bits per heavy atom. The van der Waals surface area contributed by atoms with Gasteiger partial charge >= 0.3 is 0 Å². The van der Waals surface area contributed by atoms with Crippen LogP contribution in [0.15, 0.2) is 54.7 Å². The van der Waals surface area contributed by atoms with E-state index in [-0.39, 0.29) is 5.91 Å². The highest BCUT2D eigenvalue weighted by Crippen LogP contribution is 2.23. The van der Waals surface area contributed by atoms with Crippen molar-refractivity contribution >= 4 is 46.5 Å². The van der Waals surface area contributed by atoms with Gasteiger partial charge in [0.1, 0.15) is 0 Å². The van der Waals surface area contributed by atoms with Crippen molar-refractivity contribution in [1.82, 2.24) is 19.6 Å². The first-order valence-corrected chi connectivity index (χ1v) is 11.0.